The lowest BCUT2D eigenvalue weighted by molar-refractivity contribution is -0.496. The molecule has 3 rings (SSSR count). The summed E-state index contributed by atoms with van der Waals surface area (Å²) in [5.74, 6) is 1.18. The van der Waals surface area contributed by atoms with Gasteiger partial charge in [-0.1, -0.05) is 0 Å². The van der Waals surface area contributed by atoms with Gasteiger partial charge < -0.3 is 14.7 Å². The van der Waals surface area contributed by atoms with E-state index in [4.69, 9.17) is 9.47 Å². The van der Waals surface area contributed by atoms with Gasteiger partial charge in [-0.15, -0.1) is 0 Å². The first-order valence-corrected chi connectivity index (χ1v) is 7.70. The molecule has 0 atom stereocenters. The second-order valence-electron chi connectivity index (χ2n) is 5.71. The van der Waals surface area contributed by atoms with Crippen molar-refractivity contribution < 1.29 is 19.1 Å². The molecule has 6 nitrogen and oxygen atoms in total. The van der Waals surface area contributed by atoms with Crippen LogP contribution < -0.4 is 13.9 Å². The fraction of sp³-hybridized carbons (Fsp3) is 0.412. The van der Waals surface area contributed by atoms with Crippen LogP contribution in [-0.2, 0) is 12.8 Å². The van der Waals surface area contributed by atoms with Crippen molar-refractivity contribution in [2.24, 2.45) is 0 Å². The maximum atomic E-state index is 12.9. The molecule has 122 valence electrons. The number of rotatable bonds is 3. The Hall–Kier alpha value is -2.50. The predicted octanol–water partition coefficient (Wildman–Crippen LogP) is 2.51. The third-order valence-corrected chi connectivity index (χ3v) is 4.44. The first-order chi connectivity index (χ1) is 11.1. The van der Waals surface area contributed by atoms with E-state index in [9.17, 15) is 10.1 Å². The zero-order valence-corrected chi connectivity index (χ0v) is 13.6. The third-order valence-electron chi connectivity index (χ3n) is 4.44. The van der Waals surface area contributed by atoms with Crippen molar-refractivity contribution in [1.29, 1.82) is 0 Å². The van der Waals surface area contributed by atoms with Gasteiger partial charge in [0.25, 0.3) is 11.4 Å². The number of hydrogen-bond acceptors (Lipinski definition) is 4. The molecule has 6 heteroatoms. The van der Waals surface area contributed by atoms with Crippen LogP contribution in [-0.4, -0.2) is 24.2 Å². The smallest absolute Gasteiger partial charge is 0.296 e. The Morgan fingerprint density at radius 1 is 1.17 bits per heavy atom. The molecular weight excluding hydrogens is 296 g/mol. The Balaban J connectivity index is 2.29. The standard InChI is InChI=1S/C17H21N2O4/c1-11-17(13-9-8-12(22-2)10-16(13)23-3)19(21)15-7-5-4-6-14(15)18(11)20/h8-10,20H,4-7H2,1-3H3/q+1. The van der Waals surface area contributed by atoms with E-state index in [0.717, 1.165) is 28.4 Å². The van der Waals surface area contributed by atoms with Crippen LogP contribution in [0.25, 0.3) is 11.3 Å². The molecule has 1 aliphatic rings. The lowest BCUT2D eigenvalue weighted by Gasteiger charge is -2.16. The van der Waals surface area contributed by atoms with Crippen LogP contribution in [0.4, 0.5) is 0 Å². The van der Waals surface area contributed by atoms with Gasteiger partial charge in [0.05, 0.1) is 24.2 Å². The quantitative estimate of drug-likeness (QED) is 0.698. The molecule has 1 aliphatic carbocycles. The second-order valence-corrected chi connectivity index (χ2v) is 5.71. The van der Waals surface area contributed by atoms with Crippen LogP contribution in [0, 0.1) is 11.8 Å². The summed E-state index contributed by atoms with van der Waals surface area (Å²) < 4.78 is 12.7. The summed E-state index contributed by atoms with van der Waals surface area (Å²) in [5, 5.41) is 10.5. The molecule has 0 radical (unpaired) electrons. The maximum absolute atomic E-state index is 12.9. The predicted molar refractivity (Wildman–Crippen MR) is 84.9 cm³/mol. The molecule has 1 aromatic heterocycles. The fourth-order valence-corrected chi connectivity index (χ4v) is 3.20. The lowest BCUT2D eigenvalue weighted by Crippen LogP contribution is -2.33. The Morgan fingerprint density at radius 2 is 1.91 bits per heavy atom. The van der Waals surface area contributed by atoms with Gasteiger partial charge in [-0.25, -0.2) is 0 Å². The highest BCUT2D eigenvalue weighted by Crippen LogP contribution is 2.34. The highest BCUT2D eigenvalue weighted by Gasteiger charge is 2.32. The summed E-state index contributed by atoms with van der Waals surface area (Å²) in [4.78, 5) is 12.9. The van der Waals surface area contributed by atoms with Crippen molar-refractivity contribution in [2.45, 2.75) is 32.6 Å². The second kappa shape index (κ2) is 5.95. The number of nitrogens with zero attached hydrogens (tertiary/aromatic N) is 2. The number of benzene rings is 1. The SMILES string of the molecule is COc1ccc(-c2c(C)n(O)c3c([n+]2=O)CCCC3)c(OC)c1. The average Bonchev–Trinajstić information content (AvgIpc) is 2.60. The van der Waals surface area contributed by atoms with Crippen molar-refractivity contribution in [2.75, 3.05) is 14.2 Å². The molecular formula is C17H21N2O4+. The molecule has 0 fully saturated rings. The summed E-state index contributed by atoms with van der Waals surface area (Å²) in [5.41, 5.74) is 2.89. The van der Waals surface area contributed by atoms with Crippen LogP contribution in [0.5, 0.6) is 11.5 Å². The minimum absolute atomic E-state index is 0.410. The maximum Gasteiger partial charge on any atom is 0.296 e. The first-order valence-electron chi connectivity index (χ1n) is 7.70. The summed E-state index contributed by atoms with van der Waals surface area (Å²) in [6.07, 6.45) is 3.33. The van der Waals surface area contributed by atoms with E-state index in [1.54, 1.807) is 39.3 Å². The Kier molecular flexibility index (Phi) is 3.98. The van der Waals surface area contributed by atoms with Crippen LogP contribution in [0.2, 0.25) is 0 Å². The molecule has 1 aromatic carbocycles. The van der Waals surface area contributed by atoms with Gasteiger partial charge in [-0.2, -0.15) is 4.73 Å². The third kappa shape index (κ3) is 2.44. The van der Waals surface area contributed by atoms with Gasteiger partial charge in [0.2, 0.25) is 0 Å². The molecule has 0 saturated carbocycles. The zero-order valence-electron chi connectivity index (χ0n) is 13.6. The highest BCUT2D eigenvalue weighted by atomic mass is 16.5. The number of methoxy groups -OCH3 is 2. The summed E-state index contributed by atoms with van der Waals surface area (Å²) in [6, 6.07) is 5.29. The van der Waals surface area contributed by atoms with E-state index in [1.807, 2.05) is 0 Å². The lowest BCUT2D eigenvalue weighted by atomic mass is 9.98. The topological polar surface area (TPSA) is 66.6 Å². The van der Waals surface area contributed by atoms with Gasteiger partial charge in [-0.3, -0.25) is 0 Å². The summed E-state index contributed by atoms with van der Waals surface area (Å²) in [7, 11) is 3.13. The van der Waals surface area contributed by atoms with E-state index in [1.165, 1.54) is 0 Å². The van der Waals surface area contributed by atoms with Gasteiger partial charge in [0, 0.05) is 17.4 Å². The number of aromatic nitrogens is 2. The van der Waals surface area contributed by atoms with E-state index < -0.39 is 0 Å². The van der Waals surface area contributed by atoms with Gasteiger partial charge in [-0.05, 0) is 38.3 Å². The van der Waals surface area contributed by atoms with Crippen molar-refractivity contribution in [3.8, 4) is 22.8 Å². The summed E-state index contributed by atoms with van der Waals surface area (Å²) >= 11 is 0. The van der Waals surface area contributed by atoms with Gasteiger partial charge >= 0.3 is 0 Å². The van der Waals surface area contributed by atoms with Gasteiger partial charge in [0.1, 0.15) is 22.9 Å². The highest BCUT2D eigenvalue weighted by molar-refractivity contribution is 5.68. The summed E-state index contributed by atoms with van der Waals surface area (Å²) in [6.45, 7) is 1.74. The molecule has 0 amide bonds. The largest absolute Gasteiger partial charge is 0.497 e. The van der Waals surface area contributed by atoms with E-state index in [2.05, 4.69) is 0 Å². The van der Waals surface area contributed by atoms with Crippen LogP contribution in [0.15, 0.2) is 18.2 Å². The molecule has 0 aliphatic heterocycles. The van der Waals surface area contributed by atoms with Crippen molar-refractivity contribution in [3.05, 3.63) is 40.2 Å². The van der Waals surface area contributed by atoms with Crippen LogP contribution >= 0.6 is 0 Å². The number of fused-ring (bicyclic) bond motifs is 1. The van der Waals surface area contributed by atoms with Crippen LogP contribution in [0.3, 0.4) is 0 Å². The first kappa shape index (κ1) is 15.4. The molecule has 2 aromatic rings. The monoisotopic (exact) mass is 317 g/mol. The van der Waals surface area contributed by atoms with Crippen LogP contribution in [0.1, 0.15) is 29.9 Å². The Labute approximate surface area is 134 Å². The van der Waals surface area contributed by atoms with E-state index >= 15 is 0 Å². The van der Waals surface area contributed by atoms with Crippen molar-refractivity contribution >= 4 is 0 Å². The van der Waals surface area contributed by atoms with E-state index in [0.29, 0.717) is 46.3 Å². The fourth-order valence-electron chi connectivity index (χ4n) is 3.20. The normalized spacial score (nSPS) is 13.5. The minimum atomic E-state index is 0.410. The molecule has 0 spiro atoms. The molecule has 1 heterocycles. The molecule has 1 N–H and O–H groups in total. The minimum Gasteiger partial charge on any atom is -0.497 e. The average molecular weight is 317 g/mol. The van der Waals surface area contributed by atoms with Crippen molar-refractivity contribution in [3.63, 3.8) is 0 Å². The Morgan fingerprint density at radius 3 is 2.61 bits per heavy atom. The number of hydrogen-bond donors (Lipinski definition) is 1. The zero-order chi connectivity index (χ0) is 16.6. The van der Waals surface area contributed by atoms with E-state index in [-0.39, 0.29) is 0 Å². The number of ether oxygens (including phenoxy) is 2. The molecule has 0 bridgehead atoms. The molecule has 0 saturated heterocycles. The Bertz CT molecular complexity index is 811. The van der Waals surface area contributed by atoms with Crippen molar-refractivity contribution in [1.82, 2.24) is 4.73 Å². The molecule has 23 heavy (non-hydrogen) atoms. The molecule has 0 unspecified atom stereocenters. The van der Waals surface area contributed by atoms with Gasteiger partial charge in [0.15, 0.2) is 0 Å².